The van der Waals surface area contributed by atoms with Crippen molar-refractivity contribution in [3.63, 3.8) is 0 Å². The maximum Gasteiger partial charge on any atom is 0.251 e. The molecule has 0 fully saturated rings. The number of amides is 1. The number of methoxy groups -OCH3 is 1. The summed E-state index contributed by atoms with van der Waals surface area (Å²) in [5.74, 6) is -0.507. The molecule has 3 aromatic rings. The van der Waals surface area contributed by atoms with Crippen LogP contribution in [-0.2, 0) is 6.54 Å². The van der Waals surface area contributed by atoms with Gasteiger partial charge >= 0.3 is 0 Å². The smallest absolute Gasteiger partial charge is 0.251 e. The zero-order valence-corrected chi connectivity index (χ0v) is 13.7. The van der Waals surface area contributed by atoms with Crippen LogP contribution in [0.5, 0.6) is 5.88 Å². The Morgan fingerprint density at radius 1 is 1.32 bits per heavy atom. The molecule has 3 rings (SSSR count). The largest absolute Gasteiger partial charge is 0.481 e. The molecule has 1 N–H and O–H groups in total. The van der Waals surface area contributed by atoms with Crippen LogP contribution in [-0.4, -0.2) is 32.8 Å². The summed E-state index contributed by atoms with van der Waals surface area (Å²) in [5, 5.41) is 6.60. The predicted octanol–water partition coefficient (Wildman–Crippen LogP) is 2.05. The number of benzene rings is 1. The molecular weight excluding hydrogens is 325 g/mol. The molecule has 25 heavy (non-hydrogen) atoms. The van der Waals surface area contributed by atoms with E-state index in [4.69, 9.17) is 4.74 Å². The molecule has 0 aliphatic heterocycles. The van der Waals surface area contributed by atoms with Crippen molar-refractivity contribution >= 4 is 5.91 Å². The Balaban J connectivity index is 1.73. The Bertz CT molecular complexity index is 896. The van der Waals surface area contributed by atoms with Gasteiger partial charge in [-0.3, -0.25) is 4.79 Å². The van der Waals surface area contributed by atoms with Gasteiger partial charge in [-0.2, -0.15) is 5.10 Å². The third-order valence-electron chi connectivity index (χ3n) is 3.59. The highest BCUT2D eigenvalue weighted by Gasteiger charge is 2.12. The molecule has 0 atom stereocenters. The molecule has 0 aliphatic rings. The number of nitrogens with zero attached hydrogens (tertiary/aromatic N) is 4. The van der Waals surface area contributed by atoms with Gasteiger partial charge in [-0.25, -0.2) is 19.0 Å². The summed E-state index contributed by atoms with van der Waals surface area (Å²) in [6.07, 6.45) is 2.69. The summed E-state index contributed by atoms with van der Waals surface area (Å²) < 4.78 is 20.7. The SMILES string of the molecule is COc1nc(C)ccc1CNC(=O)c1ccc(-n2cncn2)c(F)c1. The van der Waals surface area contributed by atoms with Crippen molar-refractivity contribution in [1.82, 2.24) is 25.1 Å². The quantitative estimate of drug-likeness (QED) is 0.768. The van der Waals surface area contributed by atoms with Gasteiger partial charge < -0.3 is 10.1 Å². The van der Waals surface area contributed by atoms with Crippen molar-refractivity contribution in [1.29, 1.82) is 0 Å². The molecule has 0 aliphatic carbocycles. The fourth-order valence-electron chi connectivity index (χ4n) is 2.32. The summed E-state index contributed by atoms with van der Waals surface area (Å²) in [7, 11) is 1.52. The highest BCUT2D eigenvalue weighted by Crippen LogP contribution is 2.17. The molecular formula is C17H16FN5O2. The normalized spacial score (nSPS) is 10.5. The number of nitrogens with one attached hydrogen (secondary N) is 1. The van der Waals surface area contributed by atoms with Gasteiger partial charge in [-0.1, -0.05) is 6.07 Å². The van der Waals surface area contributed by atoms with Crippen LogP contribution in [0.2, 0.25) is 0 Å². The topological polar surface area (TPSA) is 81.9 Å². The van der Waals surface area contributed by atoms with E-state index in [0.717, 1.165) is 17.3 Å². The number of aromatic nitrogens is 4. The van der Waals surface area contributed by atoms with Crippen molar-refractivity contribution in [3.8, 4) is 11.6 Å². The maximum absolute atomic E-state index is 14.2. The van der Waals surface area contributed by atoms with E-state index >= 15 is 0 Å². The van der Waals surface area contributed by atoms with Crippen LogP contribution in [0.4, 0.5) is 4.39 Å². The van der Waals surface area contributed by atoms with E-state index < -0.39 is 11.7 Å². The van der Waals surface area contributed by atoms with E-state index in [1.165, 1.54) is 36.6 Å². The monoisotopic (exact) mass is 341 g/mol. The Labute approximate surface area is 143 Å². The number of pyridine rings is 1. The first-order valence-corrected chi connectivity index (χ1v) is 7.51. The lowest BCUT2D eigenvalue weighted by Crippen LogP contribution is -2.23. The minimum absolute atomic E-state index is 0.209. The summed E-state index contributed by atoms with van der Waals surface area (Å²) in [6.45, 7) is 2.08. The number of halogens is 1. The van der Waals surface area contributed by atoms with Gasteiger partial charge in [0.05, 0.1) is 7.11 Å². The minimum atomic E-state index is -0.562. The van der Waals surface area contributed by atoms with Gasteiger partial charge in [0, 0.05) is 23.4 Å². The van der Waals surface area contributed by atoms with Crippen molar-refractivity contribution < 1.29 is 13.9 Å². The summed E-state index contributed by atoms with van der Waals surface area (Å²) >= 11 is 0. The fraction of sp³-hybridized carbons (Fsp3) is 0.176. The molecule has 0 spiro atoms. The van der Waals surface area contributed by atoms with Crippen molar-refractivity contribution in [2.45, 2.75) is 13.5 Å². The first kappa shape index (κ1) is 16.6. The number of aryl methyl sites for hydroxylation is 1. The van der Waals surface area contributed by atoms with Gasteiger partial charge in [0.2, 0.25) is 5.88 Å². The summed E-state index contributed by atoms with van der Waals surface area (Å²) in [5.41, 5.74) is 1.98. The number of carbonyl (C=O) groups excluding carboxylic acids is 1. The van der Waals surface area contributed by atoms with Gasteiger partial charge in [0.1, 0.15) is 24.2 Å². The van der Waals surface area contributed by atoms with Gasteiger partial charge in [-0.15, -0.1) is 0 Å². The third-order valence-corrected chi connectivity index (χ3v) is 3.59. The molecule has 1 aromatic carbocycles. The van der Waals surface area contributed by atoms with Crippen molar-refractivity contribution in [2.24, 2.45) is 0 Å². The molecule has 0 bridgehead atoms. The van der Waals surface area contributed by atoms with E-state index in [9.17, 15) is 9.18 Å². The van der Waals surface area contributed by atoms with Crippen LogP contribution >= 0.6 is 0 Å². The second kappa shape index (κ2) is 7.08. The van der Waals surface area contributed by atoms with E-state index in [1.807, 2.05) is 19.1 Å². The van der Waals surface area contributed by atoms with Crippen LogP contribution in [0, 0.1) is 12.7 Å². The highest BCUT2D eigenvalue weighted by atomic mass is 19.1. The zero-order chi connectivity index (χ0) is 17.8. The van der Waals surface area contributed by atoms with Crippen LogP contribution < -0.4 is 10.1 Å². The maximum atomic E-state index is 14.2. The van der Waals surface area contributed by atoms with Gasteiger partial charge in [-0.05, 0) is 31.2 Å². The molecule has 0 radical (unpaired) electrons. The number of hydrogen-bond donors (Lipinski definition) is 1. The number of ether oxygens (including phenoxy) is 1. The van der Waals surface area contributed by atoms with Crippen LogP contribution in [0.25, 0.3) is 5.69 Å². The third kappa shape index (κ3) is 3.63. The van der Waals surface area contributed by atoms with Crippen molar-refractivity contribution in [2.75, 3.05) is 7.11 Å². The van der Waals surface area contributed by atoms with E-state index in [0.29, 0.717) is 5.88 Å². The van der Waals surface area contributed by atoms with Crippen LogP contribution in [0.3, 0.4) is 0 Å². The van der Waals surface area contributed by atoms with E-state index in [1.54, 1.807) is 0 Å². The summed E-state index contributed by atoms with van der Waals surface area (Å²) in [4.78, 5) is 20.3. The second-order valence-corrected chi connectivity index (χ2v) is 5.31. The Kier molecular flexibility index (Phi) is 4.69. The van der Waals surface area contributed by atoms with E-state index in [2.05, 4.69) is 20.4 Å². The average Bonchev–Trinajstić information content (AvgIpc) is 3.14. The molecule has 0 saturated carbocycles. The minimum Gasteiger partial charge on any atom is -0.481 e. The lowest BCUT2D eigenvalue weighted by Gasteiger charge is -2.10. The van der Waals surface area contributed by atoms with Crippen molar-refractivity contribution in [3.05, 3.63) is 65.6 Å². The zero-order valence-electron chi connectivity index (χ0n) is 13.7. The Hall–Kier alpha value is -3.29. The molecule has 128 valence electrons. The number of carbonyl (C=O) groups is 1. The van der Waals surface area contributed by atoms with Gasteiger partial charge in [0.25, 0.3) is 5.91 Å². The lowest BCUT2D eigenvalue weighted by atomic mass is 10.1. The molecule has 1 amide bonds. The van der Waals surface area contributed by atoms with E-state index in [-0.39, 0.29) is 17.8 Å². The fourth-order valence-corrected chi connectivity index (χ4v) is 2.32. The Morgan fingerprint density at radius 3 is 2.84 bits per heavy atom. The summed E-state index contributed by atoms with van der Waals surface area (Å²) in [6, 6.07) is 7.83. The average molecular weight is 341 g/mol. The lowest BCUT2D eigenvalue weighted by molar-refractivity contribution is 0.0950. The first-order valence-electron chi connectivity index (χ1n) is 7.51. The molecule has 8 heteroatoms. The molecule has 2 heterocycles. The van der Waals surface area contributed by atoms with Crippen LogP contribution in [0.15, 0.2) is 43.0 Å². The Morgan fingerprint density at radius 2 is 2.16 bits per heavy atom. The molecule has 0 saturated heterocycles. The first-order chi connectivity index (χ1) is 12.1. The highest BCUT2D eigenvalue weighted by molar-refractivity contribution is 5.94. The molecule has 0 unspecified atom stereocenters. The second-order valence-electron chi connectivity index (χ2n) is 5.31. The standard InChI is InChI=1S/C17H16FN5O2/c1-11-3-4-13(17(22-11)25-2)8-20-16(24)12-5-6-15(14(18)7-12)23-10-19-9-21-23/h3-7,9-10H,8H2,1-2H3,(H,20,24). The molecule has 7 nitrogen and oxygen atoms in total. The molecule has 2 aromatic heterocycles. The number of hydrogen-bond acceptors (Lipinski definition) is 5. The number of rotatable bonds is 5. The van der Waals surface area contributed by atoms with Gasteiger partial charge in [0.15, 0.2) is 0 Å². The van der Waals surface area contributed by atoms with Crippen LogP contribution in [0.1, 0.15) is 21.6 Å². The predicted molar refractivity (Wildman–Crippen MR) is 88.0 cm³/mol.